The third-order valence-electron chi connectivity index (χ3n) is 2.67. The Morgan fingerprint density at radius 2 is 1.94 bits per heavy atom. The van der Waals surface area contributed by atoms with Crippen molar-refractivity contribution < 1.29 is 9.90 Å². The molecular formula is C12H15Cl2NO2S. The van der Waals surface area contributed by atoms with Crippen molar-refractivity contribution in [1.29, 1.82) is 0 Å². The van der Waals surface area contributed by atoms with Gasteiger partial charge in [0.2, 0.25) is 0 Å². The van der Waals surface area contributed by atoms with Crippen molar-refractivity contribution in [3.8, 4) is 0 Å². The molecule has 6 heteroatoms. The molecule has 0 unspecified atom stereocenters. The third-order valence-corrected chi connectivity index (χ3v) is 4.80. The van der Waals surface area contributed by atoms with Gasteiger partial charge in [-0.2, -0.15) is 0 Å². The van der Waals surface area contributed by atoms with Gasteiger partial charge in [0.15, 0.2) is 0 Å². The average Bonchev–Trinajstić information content (AvgIpc) is 2.27. The van der Waals surface area contributed by atoms with E-state index in [1.165, 1.54) is 11.8 Å². The van der Waals surface area contributed by atoms with Crippen molar-refractivity contribution in [3.63, 3.8) is 0 Å². The van der Waals surface area contributed by atoms with Gasteiger partial charge in [-0.3, -0.25) is 4.79 Å². The minimum Gasteiger partial charge on any atom is -0.480 e. The lowest BCUT2D eigenvalue weighted by Gasteiger charge is -2.28. The van der Waals surface area contributed by atoms with Crippen LogP contribution in [0.3, 0.4) is 0 Å². The highest BCUT2D eigenvalue weighted by Crippen LogP contribution is 2.35. The number of carboxylic acids is 1. The van der Waals surface area contributed by atoms with Crippen LogP contribution in [0.4, 0.5) is 0 Å². The second-order valence-electron chi connectivity index (χ2n) is 4.41. The molecule has 3 N–H and O–H groups in total. The minimum absolute atomic E-state index is 0.520. The van der Waals surface area contributed by atoms with E-state index in [0.29, 0.717) is 15.8 Å². The molecule has 0 spiro atoms. The predicted molar refractivity (Wildman–Crippen MR) is 77.4 cm³/mol. The Bertz CT molecular complexity index is 431. The van der Waals surface area contributed by atoms with Gasteiger partial charge in [-0.15, -0.1) is 11.8 Å². The largest absolute Gasteiger partial charge is 0.480 e. The summed E-state index contributed by atoms with van der Waals surface area (Å²) < 4.78 is -0.603. The zero-order valence-electron chi connectivity index (χ0n) is 10.1. The number of benzene rings is 1. The van der Waals surface area contributed by atoms with E-state index in [0.717, 1.165) is 5.56 Å². The molecule has 0 aromatic heterocycles. The fourth-order valence-electron chi connectivity index (χ4n) is 1.32. The first-order chi connectivity index (χ1) is 8.25. The van der Waals surface area contributed by atoms with Crippen LogP contribution in [0.1, 0.15) is 19.4 Å². The monoisotopic (exact) mass is 307 g/mol. The van der Waals surface area contributed by atoms with Gasteiger partial charge >= 0.3 is 5.97 Å². The van der Waals surface area contributed by atoms with Crippen LogP contribution in [0.2, 0.25) is 10.0 Å². The van der Waals surface area contributed by atoms with Crippen LogP contribution in [0.5, 0.6) is 0 Å². The highest BCUT2D eigenvalue weighted by Gasteiger charge is 2.32. The van der Waals surface area contributed by atoms with Crippen LogP contribution in [0.25, 0.3) is 0 Å². The van der Waals surface area contributed by atoms with E-state index in [4.69, 9.17) is 34.0 Å². The maximum Gasteiger partial charge on any atom is 0.321 e. The van der Waals surface area contributed by atoms with Crippen molar-refractivity contribution in [2.75, 3.05) is 0 Å². The van der Waals surface area contributed by atoms with E-state index in [1.54, 1.807) is 32.0 Å². The summed E-state index contributed by atoms with van der Waals surface area (Å²) in [6, 6.07) is 4.34. The smallest absolute Gasteiger partial charge is 0.321 e. The van der Waals surface area contributed by atoms with Gasteiger partial charge in [0.25, 0.3) is 0 Å². The van der Waals surface area contributed by atoms with Crippen LogP contribution in [0, 0.1) is 0 Å². The van der Waals surface area contributed by atoms with E-state index >= 15 is 0 Å². The summed E-state index contributed by atoms with van der Waals surface area (Å²) in [5.74, 6) is -0.496. The molecule has 0 saturated carbocycles. The van der Waals surface area contributed by atoms with Gasteiger partial charge in [-0.25, -0.2) is 0 Å². The van der Waals surface area contributed by atoms with Crippen LogP contribution in [-0.4, -0.2) is 21.9 Å². The maximum absolute atomic E-state index is 10.9. The second-order valence-corrected chi connectivity index (χ2v) is 6.85. The van der Waals surface area contributed by atoms with Crippen LogP contribution >= 0.6 is 35.0 Å². The molecule has 1 aromatic carbocycles. The summed E-state index contributed by atoms with van der Waals surface area (Å²) in [6.45, 7) is 3.59. The quantitative estimate of drug-likeness (QED) is 0.875. The molecule has 0 saturated heterocycles. The number of aliphatic carboxylic acids is 1. The van der Waals surface area contributed by atoms with E-state index in [-0.39, 0.29) is 0 Å². The Hall–Kier alpha value is -0.420. The number of nitrogens with two attached hydrogens (primary N) is 1. The van der Waals surface area contributed by atoms with E-state index in [9.17, 15) is 4.79 Å². The standard InChI is InChI=1S/C12H15Cl2NO2S/c1-12(2,10(15)11(16)17)18-6-7-8(13)4-3-5-9(7)14/h3-5,10H,6,15H2,1-2H3,(H,16,17)/t10-/m1/s1. The number of carbonyl (C=O) groups is 1. The molecule has 0 aliphatic heterocycles. The third kappa shape index (κ3) is 3.79. The molecule has 0 heterocycles. The zero-order chi connectivity index (χ0) is 13.9. The topological polar surface area (TPSA) is 63.3 Å². The summed E-state index contributed by atoms with van der Waals surface area (Å²) in [6.07, 6.45) is 0. The number of hydrogen-bond acceptors (Lipinski definition) is 3. The van der Waals surface area contributed by atoms with Gasteiger partial charge in [-0.1, -0.05) is 29.3 Å². The van der Waals surface area contributed by atoms with E-state index in [1.807, 2.05) is 0 Å². The van der Waals surface area contributed by atoms with E-state index < -0.39 is 16.8 Å². The zero-order valence-corrected chi connectivity index (χ0v) is 12.4. The highest BCUT2D eigenvalue weighted by molar-refractivity contribution is 7.99. The Morgan fingerprint density at radius 1 is 1.44 bits per heavy atom. The molecule has 0 bridgehead atoms. The molecule has 0 aliphatic carbocycles. The molecule has 1 atom stereocenters. The first-order valence-corrected chi connectivity index (χ1v) is 7.05. The molecule has 0 aliphatic rings. The number of rotatable bonds is 5. The average molecular weight is 308 g/mol. The molecular weight excluding hydrogens is 293 g/mol. The minimum atomic E-state index is -1.02. The highest BCUT2D eigenvalue weighted by atomic mass is 35.5. The summed E-state index contributed by atoms with van der Waals surface area (Å²) in [7, 11) is 0. The van der Waals surface area contributed by atoms with Gasteiger partial charge in [0.1, 0.15) is 6.04 Å². The summed E-state index contributed by atoms with van der Waals surface area (Å²) >= 11 is 13.5. The lowest BCUT2D eigenvalue weighted by atomic mass is 10.1. The van der Waals surface area contributed by atoms with Crippen LogP contribution in [-0.2, 0) is 10.5 Å². The Labute approximate surface area is 121 Å². The van der Waals surface area contributed by atoms with Crippen LogP contribution < -0.4 is 5.73 Å². The molecule has 0 fully saturated rings. The predicted octanol–water partition coefficient (Wildman–Crippen LogP) is 3.42. The summed E-state index contributed by atoms with van der Waals surface area (Å²) in [4.78, 5) is 10.9. The normalized spacial score (nSPS) is 13.4. The number of carboxylic acid groups (broad SMARTS) is 1. The molecule has 18 heavy (non-hydrogen) atoms. The van der Waals surface area contributed by atoms with Crippen molar-refractivity contribution in [2.45, 2.75) is 30.4 Å². The molecule has 100 valence electrons. The van der Waals surface area contributed by atoms with Gasteiger partial charge < -0.3 is 10.8 Å². The first kappa shape index (κ1) is 15.6. The second kappa shape index (κ2) is 6.15. The summed E-state index contributed by atoms with van der Waals surface area (Å²) in [5, 5.41) is 10.1. The van der Waals surface area contributed by atoms with Crippen LogP contribution in [0.15, 0.2) is 18.2 Å². The molecule has 1 aromatic rings. The SMILES string of the molecule is CC(C)(SCc1c(Cl)cccc1Cl)[C@H](N)C(=O)O. The number of halogens is 2. The Balaban J connectivity index is 2.79. The Kier molecular flexibility index (Phi) is 5.34. The van der Waals surface area contributed by atoms with Crippen molar-refractivity contribution in [1.82, 2.24) is 0 Å². The Morgan fingerprint density at radius 3 is 2.39 bits per heavy atom. The fourth-order valence-corrected chi connectivity index (χ4v) is 3.11. The molecule has 3 nitrogen and oxygen atoms in total. The van der Waals surface area contributed by atoms with Gasteiger partial charge in [-0.05, 0) is 31.5 Å². The van der Waals surface area contributed by atoms with E-state index in [2.05, 4.69) is 0 Å². The van der Waals surface area contributed by atoms with Crippen molar-refractivity contribution in [3.05, 3.63) is 33.8 Å². The molecule has 0 amide bonds. The number of thioether (sulfide) groups is 1. The van der Waals surface area contributed by atoms with Crippen molar-refractivity contribution in [2.24, 2.45) is 5.73 Å². The maximum atomic E-state index is 10.9. The molecule has 1 rings (SSSR count). The summed E-state index contributed by atoms with van der Waals surface area (Å²) in [5.41, 5.74) is 6.45. The molecule has 0 radical (unpaired) electrons. The van der Waals surface area contributed by atoms with Gasteiger partial charge in [0, 0.05) is 20.5 Å². The van der Waals surface area contributed by atoms with Gasteiger partial charge in [0.05, 0.1) is 0 Å². The lowest BCUT2D eigenvalue weighted by molar-refractivity contribution is -0.139. The number of hydrogen-bond donors (Lipinski definition) is 2. The fraction of sp³-hybridized carbons (Fsp3) is 0.417. The lowest BCUT2D eigenvalue weighted by Crippen LogP contribution is -2.46. The first-order valence-electron chi connectivity index (χ1n) is 5.31. The van der Waals surface area contributed by atoms with Crippen molar-refractivity contribution >= 4 is 40.9 Å².